The largest absolute Gasteiger partial charge is 0.419 e. The first-order chi connectivity index (χ1) is 16.7. The maximum atomic E-state index is 13.7. The highest BCUT2D eigenvalue weighted by Crippen LogP contribution is 2.46. The first kappa shape index (κ1) is 22.1. The Morgan fingerprint density at radius 3 is 2.51 bits per heavy atom. The second kappa shape index (κ2) is 7.55. The molecule has 0 bridgehead atoms. The van der Waals surface area contributed by atoms with Gasteiger partial charge in [-0.1, -0.05) is 30.3 Å². The Bertz CT molecular complexity index is 1300. The van der Waals surface area contributed by atoms with E-state index >= 15 is 0 Å². The summed E-state index contributed by atoms with van der Waals surface area (Å²) in [6.45, 7) is 2.56. The van der Waals surface area contributed by atoms with Crippen molar-refractivity contribution in [3.63, 3.8) is 0 Å². The molecule has 0 saturated carbocycles. The zero-order valence-electron chi connectivity index (χ0n) is 18.9. The predicted molar refractivity (Wildman–Crippen MR) is 121 cm³/mol. The quantitative estimate of drug-likeness (QED) is 0.617. The number of hydrogen-bond donors (Lipinski definition) is 1. The molecule has 1 amide bonds. The number of amides is 1. The number of halogens is 3. The number of likely N-dealkylation sites (tertiary alicyclic amines) is 1. The highest BCUT2D eigenvalue weighted by atomic mass is 19.4. The number of fused-ring (bicyclic) bond motifs is 2. The molecule has 10 heteroatoms. The van der Waals surface area contributed by atoms with Gasteiger partial charge in [-0.05, 0) is 30.5 Å². The average Bonchev–Trinajstić information content (AvgIpc) is 3.50. The van der Waals surface area contributed by atoms with Crippen LogP contribution in [0.2, 0.25) is 0 Å². The molecular weight excluding hydrogens is 459 g/mol. The van der Waals surface area contributed by atoms with E-state index in [1.165, 1.54) is 6.20 Å². The molecule has 6 rings (SSSR count). The molecule has 1 unspecified atom stereocenters. The first-order valence-electron chi connectivity index (χ1n) is 11.6. The molecule has 35 heavy (non-hydrogen) atoms. The minimum Gasteiger partial charge on any atom is -0.383 e. The lowest BCUT2D eigenvalue weighted by Gasteiger charge is -2.43. The molecular formula is C25H24F3N5O2. The van der Waals surface area contributed by atoms with Gasteiger partial charge in [0.1, 0.15) is 11.2 Å². The van der Waals surface area contributed by atoms with E-state index in [0.717, 1.165) is 30.2 Å². The molecule has 1 aromatic carbocycles. The van der Waals surface area contributed by atoms with Crippen LogP contribution in [-0.2, 0) is 33.1 Å². The number of ether oxygens (including phenoxy) is 1. The van der Waals surface area contributed by atoms with Gasteiger partial charge in [0.05, 0.1) is 24.5 Å². The number of nitrogens with zero attached hydrogens (tertiary/aromatic N) is 4. The summed E-state index contributed by atoms with van der Waals surface area (Å²) in [5, 5.41) is 4.57. The van der Waals surface area contributed by atoms with Crippen molar-refractivity contribution in [2.24, 2.45) is 0 Å². The fourth-order valence-corrected chi connectivity index (χ4v) is 5.68. The van der Waals surface area contributed by atoms with Gasteiger partial charge in [-0.3, -0.25) is 9.48 Å². The van der Waals surface area contributed by atoms with Crippen molar-refractivity contribution < 1.29 is 22.7 Å². The number of anilines is 1. The number of nitrogens with two attached hydrogens (primary N) is 1. The summed E-state index contributed by atoms with van der Waals surface area (Å²) in [6, 6.07) is 12.6. The van der Waals surface area contributed by atoms with Gasteiger partial charge >= 0.3 is 6.18 Å². The van der Waals surface area contributed by atoms with Crippen LogP contribution in [0.15, 0.2) is 48.7 Å². The molecule has 0 aliphatic carbocycles. The Balaban J connectivity index is 1.28. The summed E-state index contributed by atoms with van der Waals surface area (Å²) < 4.78 is 47.3. The molecule has 3 aromatic rings. The van der Waals surface area contributed by atoms with E-state index in [4.69, 9.17) is 10.5 Å². The van der Waals surface area contributed by atoms with E-state index in [9.17, 15) is 18.0 Å². The number of benzene rings is 1. The number of aromatic nitrogens is 3. The zero-order valence-corrected chi connectivity index (χ0v) is 18.9. The van der Waals surface area contributed by atoms with Crippen molar-refractivity contribution in [3.8, 4) is 11.3 Å². The average molecular weight is 483 g/mol. The van der Waals surface area contributed by atoms with Gasteiger partial charge in [-0.15, -0.1) is 0 Å². The molecule has 2 aromatic heterocycles. The highest BCUT2D eigenvalue weighted by molar-refractivity contribution is 5.90. The number of aryl methyl sites for hydroxylation is 1. The van der Waals surface area contributed by atoms with Crippen LogP contribution in [0.3, 0.4) is 0 Å². The SMILES string of the molecule is Nc1ncc(-c2cc3n(n2)CCC32CCN(C(=O)C3(c4ccccc4)COC3)C2)cc1C(F)(F)F. The molecule has 5 heterocycles. The Hall–Kier alpha value is -3.40. The van der Waals surface area contributed by atoms with Gasteiger partial charge in [0, 0.05) is 42.5 Å². The van der Waals surface area contributed by atoms with Crippen LogP contribution in [0.5, 0.6) is 0 Å². The smallest absolute Gasteiger partial charge is 0.383 e. The third kappa shape index (κ3) is 3.34. The lowest BCUT2D eigenvalue weighted by atomic mass is 9.77. The summed E-state index contributed by atoms with van der Waals surface area (Å²) in [6.07, 6.45) is -1.66. The number of alkyl halides is 3. The number of carbonyl (C=O) groups is 1. The van der Waals surface area contributed by atoms with Crippen molar-refractivity contribution in [1.82, 2.24) is 19.7 Å². The van der Waals surface area contributed by atoms with Crippen LogP contribution < -0.4 is 5.73 Å². The minimum atomic E-state index is -4.59. The van der Waals surface area contributed by atoms with Crippen LogP contribution in [-0.4, -0.2) is 51.9 Å². The second-order valence-electron chi connectivity index (χ2n) is 9.74. The summed E-state index contributed by atoms with van der Waals surface area (Å²) in [7, 11) is 0. The van der Waals surface area contributed by atoms with E-state index in [1.54, 1.807) is 0 Å². The molecule has 3 aliphatic heterocycles. The van der Waals surface area contributed by atoms with Crippen LogP contribution in [0, 0.1) is 0 Å². The normalized spacial score (nSPS) is 22.9. The van der Waals surface area contributed by atoms with Crippen molar-refractivity contribution in [1.29, 1.82) is 0 Å². The van der Waals surface area contributed by atoms with Crippen LogP contribution >= 0.6 is 0 Å². The molecule has 1 spiro atoms. The third-order valence-corrected chi connectivity index (χ3v) is 7.72. The lowest BCUT2D eigenvalue weighted by Crippen LogP contribution is -2.58. The maximum absolute atomic E-state index is 13.7. The van der Waals surface area contributed by atoms with Crippen LogP contribution in [0.1, 0.15) is 29.7 Å². The molecule has 2 N–H and O–H groups in total. The Kier molecular flexibility index (Phi) is 4.76. The van der Waals surface area contributed by atoms with Gasteiger partial charge < -0.3 is 15.4 Å². The molecule has 182 valence electrons. The van der Waals surface area contributed by atoms with E-state index < -0.39 is 23.0 Å². The minimum absolute atomic E-state index is 0.0718. The molecule has 7 nitrogen and oxygen atoms in total. The number of carbonyl (C=O) groups excluding carboxylic acids is 1. The van der Waals surface area contributed by atoms with Gasteiger partial charge in [0.15, 0.2) is 0 Å². The fourth-order valence-electron chi connectivity index (χ4n) is 5.68. The highest BCUT2D eigenvalue weighted by Gasteiger charge is 2.54. The van der Waals surface area contributed by atoms with Crippen molar-refractivity contribution >= 4 is 11.7 Å². The lowest BCUT2D eigenvalue weighted by molar-refractivity contribution is -0.155. The molecule has 3 aliphatic rings. The van der Waals surface area contributed by atoms with Crippen LogP contribution in [0.25, 0.3) is 11.3 Å². The van der Waals surface area contributed by atoms with Crippen molar-refractivity contribution in [3.05, 3.63) is 65.5 Å². The van der Waals surface area contributed by atoms with Crippen molar-refractivity contribution in [2.45, 2.75) is 36.4 Å². The van der Waals surface area contributed by atoms with Gasteiger partial charge in [0.25, 0.3) is 0 Å². The third-order valence-electron chi connectivity index (χ3n) is 7.72. The summed E-state index contributed by atoms with van der Waals surface area (Å²) >= 11 is 0. The molecule has 0 radical (unpaired) electrons. The van der Waals surface area contributed by atoms with E-state index in [2.05, 4.69) is 10.1 Å². The predicted octanol–water partition coefficient (Wildman–Crippen LogP) is 3.39. The molecule has 2 saturated heterocycles. The van der Waals surface area contributed by atoms with Gasteiger partial charge in [0.2, 0.25) is 5.91 Å². The van der Waals surface area contributed by atoms with Crippen LogP contribution in [0.4, 0.5) is 19.0 Å². The second-order valence-corrected chi connectivity index (χ2v) is 9.74. The van der Waals surface area contributed by atoms with E-state index in [0.29, 0.717) is 38.5 Å². The standard InChI is InChI=1S/C25H24F3N5O2/c26-25(27,28)18-10-16(12-30-21(18)29)19-11-20-23(7-9-33(20)31-19)6-8-32(13-23)22(34)24(14-35-15-24)17-4-2-1-3-5-17/h1-5,10-12H,6-9,13-15H2,(H2,29,30). The summed E-state index contributed by atoms with van der Waals surface area (Å²) in [5.74, 6) is -0.482. The summed E-state index contributed by atoms with van der Waals surface area (Å²) in [5.41, 5.74) is 6.18. The fraction of sp³-hybridized carbons (Fsp3) is 0.400. The monoisotopic (exact) mass is 483 g/mol. The molecule has 2 fully saturated rings. The van der Waals surface area contributed by atoms with Gasteiger partial charge in [-0.2, -0.15) is 18.3 Å². The Labute approximate surface area is 199 Å². The number of nitrogen functional groups attached to an aromatic ring is 1. The zero-order chi connectivity index (χ0) is 24.4. The van der Waals surface area contributed by atoms with Gasteiger partial charge in [-0.25, -0.2) is 4.98 Å². The first-order valence-corrected chi connectivity index (χ1v) is 11.6. The summed E-state index contributed by atoms with van der Waals surface area (Å²) in [4.78, 5) is 19.4. The molecule has 1 atom stereocenters. The topological polar surface area (TPSA) is 86.3 Å². The van der Waals surface area contributed by atoms with E-state index in [1.807, 2.05) is 46.0 Å². The Morgan fingerprint density at radius 2 is 1.83 bits per heavy atom. The maximum Gasteiger partial charge on any atom is 0.419 e. The van der Waals surface area contributed by atoms with E-state index in [-0.39, 0.29) is 16.9 Å². The number of hydrogen-bond acceptors (Lipinski definition) is 5. The number of pyridine rings is 1. The van der Waals surface area contributed by atoms with Crippen molar-refractivity contribution in [2.75, 3.05) is 32.0 Å². The number of rotatable bonds is 3. The Morgan fingerprint density at radius 1 is 1.09 bits per heavy atom.